The molecule has 20 heavy (non-hydrogen) atoms. The van der Waals surface area contributed by atoms with Gasteiger partial charge in [-0.1, -0.05) is 29.3 Å². The van der Waals surface area contributed by atoms with E-state index in [1.807, 2.05) is 13.8 Å². The Morgan fingerprint density at radius 2 is 2.00 bits per heavy atom. The van der Waals surface area contributed by atoms with Crippen LogP contribution in [0.4, 0.5) is 10.5 Å². The summed E-state index contributed by atoms with van der Waals surface area (Å²) in [4.78, 5) is 23.1. The highest BCUT2D eigenvalue weighted by atomic mass is 79.9. The second-order valence-corrected chi connectivity index (χ2v) is 6.17. The number of aromatic carboxylic acids is 1. The largest absolute Gasteiger partial charge is 0.478 e. The van der Waals surface area contributed by atoms with Crippen LogP contribution < -0.4 is 10.6 Å². The zero-order valence-electron chi connectivity index (χ0n) is 11.2. The van der Waals surface area contributed by atoms with E-state index < -0.39 is 12.0 Å². The first-order chi connectivity index (χ1) is 9.35. The monoisotopic (exact) mass is 406 g/mol. The molecule has 0 fully saturated rings. The molecule has 0 bridgehead atoms. The van der Waals surface area contributed by atoms with E-state index in [-0.39, 0.29) is 17.3 Å². The van der Waals surface area contributed by atoms with Crippen molar-refractivity contribution in [3.05, 3.63) is 26.6 Å². The number of urea groups is 1. The van der Waals surface area contributed by atoms with E-state index >= 15 is 0 Å². The fraction of sp³-hybridized carbons (Fsp3) is 0.385. The number of carbonyl (C=O) groups excluding carboxylic acids is 1. The molecule has 0 saturated carbocycles. The highest BCUT2D eigenvalue weighted by Gasteiger charge is 2.17. The van der Waals surface area contributed by atoms with Gasteiger partial charge in [-0.05, 0) is 41.4 Å². The van der Waals surface area contributed by atoms with Crippen LogP contribution in [0.15, 0.2) is 21.1 Å². The number of hydrogen-bond donors (Lipinski definition) is 3. The van der Waals surface area contributed by atoms with E-state index in [1.54, 1.807) is 6.07 Å². The predicted octanol–water partition coefficient (Wildman–Crippen LogP) is 4.22. The number of halogens is 2. The Kier molecular flexibility index (Phi) is 6.48. The summed E-state index contributed by atoms with van der Waals surface area (Å²) in [6.07, 6.45) is 1.82. The van der Waals surface area contributed by atoms with Crippen LogP contribution in [0, 0.1) is 0 Å². The fourth-order valence-corrected chi connectivity index (χ4v) is 3.07. The van der Waals surface area contributed by atoms with Gasteiger partial charge in [-0.25, -0.2) is 9.59 Å². The lowest BCUT2D eigenvalue weighted by molar-refractivity contribution is 0.0698. The molecule has 0 aliphatic rings. The van der Waals surface area contributed by atoms with Gasteiger partial charge in [-0.2, -0.15) is 0 Å². The van der Waals surface area contributed by atoms with Gasteiger partial charge in [-0.15, -0.1) is 0 Å². The normalized spacial score (nSPS) is 11.8. The number of carboxylic acid groups (broad SMARTS) is 1. The molecule has 1 aromatic carbocycles. The quantitative estimate of drug-likeness (QED) is 0.683. The van der Waals surface area contributed by atoms with Crippen LogP contribution in [-0.4, -0.2) is 23.1 Å². The SMILES string of the molecule is CCCC(C)NC(=O)Nc1c(Br)cc(Br)cc1C(=O)O. The topological polar surface area (TPSA) is 78.4 Å². The van der Waals surface area contributed by atoms with Gasteiger partial charge in [0.1, 0.15) is 0 Å². The molecule has 110 valence electrons. The molecule has 1 unspecified atom stereocenters. The van der Waals surface area contributed by atoms with E-state index in [0.717, 1.165) is 12.8 Å². The van der Waals surface area contributed by atoms with Gasteiger partial charge in [0.25, 0.3) is 0 Å². The summed E-state index contributed by atoms with van der Waals surface area (Å²) in [5, 5.41) is 14.5. The van der Waals surface area contributed by atoms with E-state index in [9.17, 15) is 14.7 Å². The van der Waals surface area contributed by atoms with Crippen molar-refractivity contribution in [2.24, 2.45) is 0 Å². The Hall–Kier alpha value is -1.08. The summed E-state index contributed by atoms with van der Waals surface area (Å²) in [7, 11) is 0. The third kappa shape index (κ3) is 4.79. The molecular formula is C13H16Br2N2O3. The zero-order chi connectivity index (χ0) is 15.3. The van der Waals surface area contributed by atoms with Crippen molar-refractivity contribution in [3.8, 4) is 0 Å². The summed E-state index contributed by atoms with van der Waals surface area (Å²) in [5.41, 5.74) is 0.256. The number of carboxylic acids is 1. The van der Waals surface area contributed by atoms with E-state index in [4.69, 9.17) is 0 Å². The lowest BCUT2D eigenvalue weighted by Gasteiger charge is -2.16. The van der Waals surface area contributed by atoms with Gasteiger partial charge in [-0.3, -0.25) is 0 Å². The molecule has 1 rings (SSSR count). The maximum Gasteiger partial charge on any atom is 0.337 e. The van der Waals surface area contributed by atoms with Crippen molar-refractivity contribution in [3.63, 3.8) is 0 Å². The van der Waals surface area contributed by atoms with Gasteiger partial charge in [0.2, 0.25) is 0 Å². The van der Waals surface area contributed by atoms with Crippen molar-refractivity contribution in [1.29, 1.82) is 0 Å². The number of anilines is 1. The molecule has 1 aromatic rings. The van der Waals surface area contributed by atoms with Crippen molar-refractivity contribution in [1.82, 2.24) is 5.32 Å². The average molecular weight is 408 g/mol. The van der Waals surface area contributed by atoms with Gasteiger partial charge in [0, 0.05) is 15.0 Å². The van der Waals surface area contributed by atoms with Crippen LogP contribution in [0.2, 0.25) is 0 Å². The maximum absolute atomic E-state index is 11.9. The summed E-state index contributed by atoms with van der Waals surface area (Å²) in [5.74, 6) is -1.11. The molecule has 0 radical (unpaired) electrons. The number of benzene rings is 1. The molecule has 0 aromatic heterocycles. The van der Waals surface area contributed by atoms with Crippen LogP contribution in [-0.2, 0) is 0 Å². The lowest BCUT2D eigenvalue weighted by atomic mass is 10.2. The summed E-state index contributed by atoms with van der Waals surface area (Å²) < 4.78 is 1.12. The first-order valence-electron chi connectivity index (χ1n) is 6.15. The van der Waals surface area contributed by atoms with Crippen LogP contribution in [0.1, 0.15) is 37.0 Å². The first-order valence-corrected chi connectivity index (χ1v) is 7.73. The second kappa shape index (κ2) is 7.64. The van der Waals surface area contributed by atoms with Gasteiger partial charge in [0.15, 0.2) is 0 Å². The molecule has 1 atom stereocenters. The Bertz CT molecular complexity index is 521. The average Bonchev–Trinajstić information content (AvgIpc) is 2.32. The fourth-order valence-electron chi connectivity index (χ4n) is 1.75. The minimum absolute atomic E-state index is 0.0181. The Balaban J connectivity index is 2.91. The van der Waals surface area contributed by atoms with Gasteiger partial charge in [0.05, 0.1) is 11.3 Å². The third-order valence-corrected chi connectivity index (χ3v) is 3.71. The van der Waals surface area contributed by atoms with E-state index in [2.05, 4.69) is 42.5 Å². The first kappa shape index (κ1) is 17.0. The van der Waals surface area contributed by atoms with Crippen LogP contribution in [0.5, 0.6) is 0 Å². The number of hydrogen-bond acceptors (Lipinski definition) is 2. The molecule has 5 nitrogen and oxygen atoms in total. The number of rotatable bonds is 5. The Morgan fingerprint density at radius 1 is 1.35 bits per heavy atom. The second-order valence-electron chi connectivity index (χ2n) is 4.40. The van der Waals surface area contributed by atoms with Crippen LogP contribution >= 0.6 is 31.9 Å². The van der Waals surface area contributed by atoms with Crippen molar-refractivity contribution >= 4 is 49.5 Å². The number of nitrogens with one attached hydrogen (secondary N) is 2. The maximum atomic E-state index is 11.9. The standard InChI is InChI=1S/C13H16Br2N2O3/c1-3-4-7(2)16-13(20)17-11-9(12(18)19)5-8(14)6-10(11)15/h5-7H,3-4H2,1-2H3,(H,18,19)(H2,16,17,20). The minimum Gasteiger partial charge on any atom is -0.478 e. The smallest absolute Gasteiger partial charge is 0.337 e. The lowest BCUT2D eigenvalue weighted by Crippen LogP contribution is -2.36. The van der Waals surface area contributed by atoms with Crippen molar-refractivity contribution < 1.29 is 14.7 Å². The molecule has 0 spiro atoms. The van der Waals surface area contributed by atoms with Crippen LogP contribution in [0.25, 0.3) is 0 Å². The van der Waals surface area contributed by atoms with Crippen molar-refractivity contribution in [2.75, 3.05) is 5.32 Å². The summed E-state index contributed by atoms with van der Waals surface area (Å²) in [6, 6.07) is 2.73. The van der Waals surface area contributed by atoms with Gasteiger partial charge >= 0.3 is 12.0 Å². The Morgan fingerprint density at radius 3 is 2.55 bits per heavy atom. The molecule has 0 aliphatic heterocycles. The summed E-state index contributed by atoms with van der Waals surface area (Å²) >= 11 is 6.48. The van der Waals surface area contributed by atoms with Gasteiger partial charge < -0.3 is 15.7 Å². The third-order valence-electron chi connectivity index (χ3n) is 2.62. The molecule has 0 aliphatic carbocycles. The Labute approximate surface area is 134 Å². The van der Waals surface area contributed by atoms with Crippen LogP contribution in [0.3, 0.4) is 0 Å². The molecule has 7 heteroatoms. The number of amides is 2. The van der Waals surface area contributed by atoms with Crippen molar-refractivity contribution in [2.45, 2.75) is 32.7 Å². The highest BCUT2D eigenvalue weighted by Crippen LogP contribution is 2.30. The van der Waals surface area contributed by atoms with E-state index in [0.29, 0.717) is 8.95 Å². The minimum atomic E-state index is -1.11. The van der Waals surface area contributed by atoms with E-state index in [1.165, 1.54) is 6.07 Å². The highest BCUT2D eigenvalue weighted by molar-refractivity contribution is 9.11. The predicted molar refractivity (Wildman–Crippen MR) is 85.3 cm³/mol. The summed E-state index contributed by atoms with van der Waals surface area (Å²) in [6.45, 7) is 3.93. The molecule has 3 N–H and O–H groups in total. The number of carbonyl (C=O) groups is 2. The zero-order valence-corrected chi connectivity index (χ0v) is 14.3. The molecule has 2 amide bonds. The molecule has 0 saturated heterocycles. The molecule has 0 heterocycles. The molecular weight excluding hydrogens is 392 g/mol.